The second-order valence-corrected chi connectivity index (χ2v) is 8.00. The fraction of sp³-hybridized carbons (Fsp3) is 0.562. The highest BCUT2D eigenvalue weighted by molar-refractivity contribution is 7.89. The van der Waals surface area contributed by atoms with Crippen molar-refractivity contribution < 1.29 is 18.3 Å². The third-order valence-corrected chi connectivity index (χ3v) is 6.71. The summed E-state index contributed by atoms with van der Waals surface area (Å²) in [5.41, 5.74) is 2.44. The quantitative estimate of drug-likeness (QED) is 0.926. The van der Waals surface area contributed by atoms with E-state index in [0.29, 0.717) is 35.4 Å². The topological polar surface area (TPSA) is 74.7 Å². The largest absolute Gasteiger partial charge is 0.481 e. The smallest absolute Gasteiger partial charge is 0.308 e. The Morgan fingerprint density at radius 1 is 1.23 bits per heavy atom. The third kappa shape index (κ3) is 2.90. The van der Waals surface area contributed by atoms with Crippen molar-refractivity contribution in [1.82, 2.24) is 4.31 Å². The zero-order valence-electron chi connectivity index (χ0n) is 13.5. The average Bonchev–Trinajstić information content (AvgIpc) is 2.36. The number of carboxylic acids is 1. The van der Waals surface area contributed by atoms with Gasteiger partial charge < -0.3 is 5.11 Å². The first-order chi connectivity index (χ1) is 10.2. The molecular formula is C16H23NO4S. The van der Waals surface area contributed by atoms with Crippen LogP contribution in [0.25, 0.3) is 0 Å². The van der Waals surface area contributed by atoms with Crippen molar-refractivity contribution in [3.8, 4) is 0 Å². The summed E-state index contributed by atoms with van der Waals surface area (Å²) >= 11 is 0. The van der Waals surface area contributed by atoms with Crippen molar-refractivity contribution in [2.45, 2.75) is 51.5 Å². The maximum Gasteiger partial charge on any atom is 0.308 e. The van der Waals surface area contributed by atoms with Gasteiger partial charge in [0.05, 0.1) is 10.8 Å². The molecule has 22 heavy (non-hydrogen) atoms. The Morgan fingerprint density at radius 2 is 1.77 bits per heavy atom. The van der Waals surface area contributed by atoms with E-state index in [0.717, 1.165) is 5.56 Å². The van der Waals surface area contributed by atoms with E-state index < -0.39 is 28.0 Å². The maximum atomic E-state index is 13.1. The molecule has 1 aliphatic rings. The molecule has 1 N–H and O–H groups in total. The lowest BCUT2D eigenvalue weighted by Crippen LogP contribution is -2.49. The molecule has 0 bridgehead atoms. The van der Waals surface area contributed by atoms with Gasteiger partial charge in [-0.3, -0.25) is 4.79 Å². The predicted molar refractivity (Wildman–Crippen MR) is 84.4 cm³/mol. The highest BCUT2D eigenvalue weighted by Gasteiger charge is 2.40. The molecule has 0 aliphatic carbocycles. The molecule has 0 aromatic heterocycles. The minimum absolute atomic E-state index is 0.316. The van der Waals surface area contributed by atoms with Crippen LogP contribution in [0.3, 0.4) is 0 Å². The van der Waals surface area contributed by atoms with Gasteiger partial charge in [0.1, 0.15) is 0 Å². The molecule has 1 aromatic carbocycles. The molecule has 0 amide bonds. The SMILES string of the molecule is Cc1cc(C)c(S(=O)(=O)N2CCC[C@@H](C(=O)O)[C@H]2C)c(C)c1. The first-order valence-corrected chi connectivity index (χ1v) is 8.92. The molecule has 1 aliphatic heterocycles. The number of sulfonamides is 1. The molecule has 5 nitrogen and oxygen atoms in total. The number of benzene rings is 1. The molecule has 0 spiro atoms. The van der Waals surface area contributed by atoms with E-state index in [9.17, 15) is 18.3 Å². The second-order valence-electron chi connectivity index (χ2n) is 6.17. The Labute approximate surface area is 132 Å². The summed E-state index contributed by atoms with van der Waals surface area (Å²) in [5, 5.41) is 9.29. The summed E-state index contributed by atoms with van der Waals surface area (Å²) in [6.07, 6.45) is 1.10. The standard InChI is InChI=1S/C16H23NO4S/c1-10-8-11(2)15(12(3)9-10)22(20,21)17-7-5-6-14(13(17)4)16(18)19/h8-9,13-14H,5-7H2,1-4H3,(H,18,19)/t13-,14-/m1/s1. The monoisotopic (exact) mass is 325 g/mol. The zero-order valence-corrected chi connectivity index (χ0v) is 14.3. The number of aryl methyl sites for hydroxylation is 3. The lowest BCUT2D eigenvalue weighted by Gasteiger charge is -2.37. The van der Waals surface area contributed by atoms with Crippen molar-refractivity contribution >= 4 is 16.0 Å². The van der Waals surface area contributed by atoms with E-state index in [1.54, 1.807) is 20.8 Å². The second kappa shape index (κ2) is 6.01. The lowest BCUT2D eigenvalue weighted by atomic mass is 9.92. The summed E-state index contributed by atoms with van der Waals surface area (Å²) in [4.78, 5) is 11.6. The number of carboxylic acid groups (broad SMARTS) is 1. The molecule has 2 rings (SSSR count). The number of hydrogen-bond donors (Lipinski definition) is 1. The lowest BCUT2D eigenvalue weighted by molar-refractivity contribution is -0.144. The summed E-state index contributed by atoms with van der Waals surface area (Å²) in [6.45, 7) is 7.57. The number of hydrogen-bond acceptors (Lipinski definition) is 3. The van der Waals surface area contributed by atoms with Gasteiger partial charge in [-0.05, 0) is 51.7 Å². The van der Waals surface area contributed by atoms with Crippen molar-refractivity contribution in [2.75, 3.05) is 6.54 Å². The molecule has 1 aromatic rings. The van der Waals surface area contributed by atoms with Crippen molar-refractivity contribution in [3.63, 3.8) is 0 Å². The van der Waals surface area contributed by atoms with E-state index in [4.69, 9.17) is 0 Å². The van der Waals surface area contributed by atoms with Gasteiger partial charge in [-0.2, -0.15) is 4.31 Å². The van der Waals surface area contributed by atoms with Crippen molar-refractivity contribution in [1.29, 1.82) is 0 Å². The summed E-state index contributed by atoms with van der Waals surface area (Å²) in [6, 6.07) is 3.17. The Balaban J connectivity index is 2.49. The molecule has 122 valence electrons. The van der Waals surface area contributed by atoms with Gasteiger partial charge in [-0.25, -0.2) is 8.42 Å². The number of carbonyl (C=O) groups is 1. The van der Waals surface area contributed by atoms with Gasteiger partial charge in [-0.1, -0.05) is 17.7 Å². The van der Waals surface area contributed by atoms with E-state index in [2.05, 4.69) is 0 Å². The molecule has 0 radical (unpaired) electrons. The van der Waals surface area contributed by atoms with Crippen molar-refractivity contribution in [3.05, 3.63) is 28.8 Å². The highest BCUT2D eigenvalue weighted by atomic mass is 32.2. The third-order valence-electron chi connectivity index (χ3n) is 4.42. The molecule has 1 fully saturated rings. The molecular weight excluding hydrogens is 302 g/mol. The fourth-order valence-electron chi connectivity index (χ4n) is 3.47. The average molecular weight is 325 g/mol. The number of nitrogens with zero attached hydrogens (tertiary/aromatic N) is 1. The van der Waals surface area contributed by atoms with Crippen LogP contribution in [0.4, 0.5) is 0 Å². The predicted octanol–water partition coefficient (Wildman–Crippen LogP) is 2.49. The molecule has 0 unspecified atom stereocenters. The van der Waals surface area contributed by atoms with Gasteiger partial charge in [0.2, 0.25) is 10.0 Å². The van der Waals surface area contributed by atoms with Crippen LogP contribution >= 0.6 is 0 Å². The first kappa shape index (κ1) is 17.0. The fourth-order valence-corrected chi connectivity index (χ4v) is 5.59. The maximum absolute atomic E-state index is 13.1. The van der Waals surface area contributed by atoms with Crippen LogP contribution in [-0.4, -0.2) is 36.4 Å². The Bertz CT molecular complexity index is 673. The van der Waals surface area contributed by atoms with Crippen LogP contribution < -0.4 is 0 Å². The summed E-state index contributed by atoms with van der Waals surface area (Å²) in [5.74, 6) is -1.57. The van der Waals surface area contributed by atoms with Crippen LogP contribution in [0.5, 0.6) is 0 Å². The minimum atomic E-state index is -3.69. The highest BCUT2D eigenvalue weighted by Crippen LogP contribution is 2.32. The van der Waals surface area contributed by atoms with Crippen LogP contribution in [0.2, 0.25) is 0 Å². The van der Waals surface area contributed by atoms with E-state index in [1.165, 1.54) is 4.31 Å². The van der Waals surface area contributed by atoms with Gasteiger partial charge in [-0.15, -0.1) is 0 Å². The van der Waals surface area contributed by atoms with Crippen LogP contribution in [-0.2, 0) is 14.8 Å². The van der Waals surface area contributed by atoms with E-state index in [1.807, 2.05) is 19.1 Å². The summed E-state index contributed by atoms with van der Waals surface area (Å²) in [7, 11) is -3.69. The Kier molecular flexibility index (Phi) is 4.63. The minimum Gasteiger partial charge on any atom is -0.481 e. The van der Waals surface area contributed by atoms with Gasteiger partial charge >= 0.3 is 5.97 Å². The van der Waals surface area contributed by atoms with Gasteiger partial charge in [0.25, 0.3) is 0 Å². The summed E-state index contributed by atoms with van der Waals surface area (Å²) < 4.78 is 27.5. The Morgan fingerprint density at radius 3 is 2.27 bits per heavy atom. The van der Waals surface area contributed by atoms with Crippen LogP contribution in [0, 0.1) is 26.7 Å². The molecule has 1 saturated heterocycles. The number of rotatable bonds is 3. The van der Waals surface area contributed by atoms with E-state index >= 15 is 0 Å². The van der Waals surface area contributed by atoms with Crippen molar-refractivity contribution in [2.24, 2.45) is 5.92 Å². The molecule has 1 heterocycles. The number of aliphatic carboxylic acids is 1. The van der Waals surface area contributed by atoms with E-state index in [-0.39, 0.29) is 0 Å². The Hall–Kier alpha value is -1.40. The first-order valence-electron chi connectivity index (χ1n) is 7.48. The van der Waals surface area contributed by atoms with Gasteiger partial charge in [0.15, 0.2) is 0 Å². The number of piperidine rings is 1. The molecule has 0 saturated carbocycles. The van der Waals surface area contributed by atoms with Crippen LogP contribution in [0.1, 0.15) is 36.5 Å². The zero-order chi connectivity index (χ0) is 16.7. The molecule has 2 atom stereocenters. The molecule has 6 heteroatoms. The van der Waals surface area contributed by atoms with Crippen LogP contribution in [0.15, 0.2) is 17.0 Å². The normalized spacial score (nSPS) is 23.5. The van der Waals surface area contributed by atoms with Gasteiger partial charge in [0, 0.05) is 12.6 Å².